The molecule has 0 bridgehead atoms. The first-order chi connectivity index (χ1) is 12.8. The zero-order chi connectivity index (χ0) is 18.2. The van der Waals surface area contributed by atoms with Gasteiger partial charge in [-0.3, -0.25) is 0 Å². The van der Waals surface area contributed by atoms with E-state index in [-0.39, 0.29) is 0 Å². The molecule has 0 spiro atoms. The molecule has 3 aliphatic carbocycles. The quantitative estimate of drug-likeness (QED) is 0.300. The molecule has 0 radical (unpaired) electrons. The minimum Gasteiger partial charge on any atom is -0.0853 e. The molecule has 2 saturated carbocycles. The number of hydrogen-bond acceptors (Lipinski definition) is 0. The van der Waals surface area contributed by atoms with Crippen LogP contribution in [0.5, 0.6) is 0 Å². The summed E-state index contributed by atoms with van der Waals surface area (Å²) in [6.45, 7) is 4.69. The average Bonchev–Trinajstić information content (AvgIpc) is 2.70. The molecule has 0 nitrogen and oxygen atoms in total. The summed E-state index contributed by atoms with van der Waals surface area (Å²) in [4.78, 5) is 0. The van der Waals surface area contributed by atoms with Crippen molar-refractivity contribution in [1.82, 2.24) is 0 Å². The van der Waals surface area contributed by atoms with Gasteiger partial charge in [0.1, 0.15) is 0 Å². The van der Waals surface area contributed by atoms with E-state index in [2.05, 4.69) is 19.9 Å². The molecular formula is C26H46. The zero-order valence-corrected chi connectivity index (χ0v) is 18.0. The topological polar surface area (TPSA) is 0 Å². The van der Waals surface area contributed by atoms with Gasteiger partial charge in [0.15, 0.2) is 0 Å². The van der Waals surface area contributed by atoms with Crippen molar-refractivity contribution in [2.75, 3.05) is 0 Å². The van der Waals surface area contributed by atoms with Crippen LogP contribution in [0.1, 0.15) is 123 Å². The van der Waals surface area contributed by atoms with Gasteiger partial charge in [-0.15, -0.1) is 0 Å². The maximum absolute atomic E-state index is 2.60. The zero-order valence-electron chi connectivity index (χ0n) is 18.0. The normalized spacial score (nSPS) is 35.9. The van der Waals surface area contributed by atoms with Crippen LogP contribution in [0.2, 0.25) is 0 Å². The summed E-state index contributed by atoms with van der Waals surface area (Å²) in [5.41, 5.74) is 1.83. The summed E-state index contributed by atoms with van der Waals surface area (Å²) < 4.78 is 0. The van der Waals surface area contributed by atoms with E-state index in [0.717, 1.165) is 29.6 Å². The smallest absolute Gasteiger partial charge is 0.0289 e. The van der Waals surface area contributed by atoms with Crippen LogP contribution in [0.3, 0.4) is 0 Å². The molecule has 0 aromatic rings. The fourth-order valence-corrected chi connectivity index (χ4v) is 6.68. The lowest BCUT2D eigenvalue weighted by Crippen LogP contribution is -2.29. The Hall–Kier alpha value is -0.260. The third kappa shape index (κ3) is 5.87. The van der Waals surface area contributed by atoms with Crippen LogP contribution in [0.4, 0.5) is 0 Å². The Bertz CT molecular complexity index is 404. The van der Waals surface area contributed by atoms with Gasteiger partial charge in [0.2, 0.25) is 0 Å². The molecule has 0 saturated heterocycles. The SMILES string of the molecule is CCCCCC1=CCCC([C@H]2CC[C@H]([C@H]3CC[C@H](CCC)CC3)CC2)C1. The van der Waals surface area contributed by atoms with Crippen LogP contribution in [0.15, 0.2) is 11.6 Å². The molecule has 26 heavy (non-hydrogen) atoms. The lowest BCUT2D eigenvalue weighted by atomic mass is 9.65. The summed E-state index contributed by atoms with van der Waals surface area (Å²) >= 11 is 0. The maximum Gasteiger partial charge on any atom is -0.0289 e. The highest BCUT2D eigenvalue weighted by molar-refractivity contribution is 5.07. The van der Waals surface area contributed by atoms with Crippen molar-refractivity contribution in [3.05, 3.63) is 11.6 Å². The number of allylic oxidation sites excluding steroid dienone is 2. The van der Waals surface area contributed by atoms with Gasteiger partial charge >= 0.3 is 0 Å². The van der Waals surface area contributed by atoms with Gasteiger partial charge < -0.3 is 0 Å². The summed E-state index contributed by atoms with van der Waals surface area (Å²) in [7, 11) is 0. The Morgan fingerprint density at radius 1 is 0.692 bits per heavy atom. The minimum atomic E-state index is 1.04. The monoisotopic (exact) mass is 358 g/mol. The van der Waals surface area contributed by atoms with Crippen molar-refractivity contribution in [3.63, 3.8) is 0 Å². The molecule has 150 valence electrons. The van der Waals surface area contributed by atoms with E-state index in [1.54, 1.807) is 51.4 Å². The Labute approximate surface area is 164 Å². The summed E-state index contributed by atoms with van der Waals surface area (Å²) in [5.74, 6) is 5.38. The van der Waals surface area contributed by atoms with Crippen molar-refractivity contribution in [3.8, 4) is 0 Å². The second kappa shape index (κ2) is 10.9. The van der Waals surface area contributed by atoms with Crippen molar-refractivity contribution in [2.45, 2.75) is 123 Å². The van der Waals surface area contributed by atoms with Crippen molar-refractivity contribution >= 4 is 0 Å². The van der Waals surface area contributed by atoms with E-state index in [4.69, 9.17) is 0 Å². The van der Waals surface area contributed by atoms with E-state index >= 15 is 0 Å². The van der Waals surface area contributed by atoms with Gasteiger partial charge in [0, 0.05) is 0 Å². The molecule has 0 heteroatoms. The molecule has 3 rings (SSSR count). The highest BCUT2D eigenvalue weighted by Gasteiger charge is 2.33. The molecule has 0 N–H and O–H groups in total. The Morgan fingerprint density at radius 3 is 1.92 bits per heavy atom. The fraction of sp³-hybridized carbons (Fsp3) is 0.923. The predicted molar refractivity (Wildman–Crippen MR) is 115 cm³/mol. The highest BCUT2D eigenvalue weighted by Crippen LogP contribution is 2.46. The van der Waals surface area contributed by atoms with Crippen LogP contribution < -0.4 is 0 Å². The van der Waals surface area contributed by atoms with Crippen molar-refractivity contribution in [2.24, 2.45) is 29.6 Å². The van der Waals surface area contributed by atoms with Crippen LogP contribution in [0, 0.1) is 29.6 Å². The second-order valence-electron chi connectivity index (χ2n) is 10.1. The summed E-state index contributed by atoms with van der Waals surface area (Å²) in [5, 5.41) is 0. The Morgan fingerprint density at radius 2 is 1.31 bits per heavy atom. The van der Waals surface area contributed by atoms with Crippen molar-refractivity contribution < 1.29 is 0 Å². The lowest BCUT2D eigenvalue weighted by Gasteiger charge is -2.40. The van der Waals surface area contributed by atoms with E-state index in [1.807, 2.05) is 5.57 Å². The number of unbranched alkanes of at least 4 members (excludes halogenated alkanes) is 2. The molecule has 0 aromatic heterocycles. The standard InChI is InChI=1S/C26H46/c1-3-5-6-9-22-10-7-11-26(20-22)25-18-16-24(17-19-25)23-14-12-21(8-4-2)13-15-23/h10,21,23-26H,3-9,11-20H2,1-2H3/t21-,23-,24-,25-,26?. The first-order valence-electron chi connectivity index (χ1n) is 12.5. The lowest BCUT2D eigenvalue weighted by molar-refractivity contribution is 0.119. The van der Waals surface area contributed by atoms with Crippen LogP contribution in [0.25, 0.3) is 0 Å². The second-order valence-corrected chi connectivity index (χ2v) is 10.1. The van der Waals surface area contributed by atoms with E-state index in [1.165, 1.54) is 57.8 Å². The van der Waals surface area contributed by atoms with Gasteiger partial charge in [0.25, 0.3) is 0 Å². The molecule has 0 aromatic carbocycles. The van der Waals surface area contributed by atoms with Gasteiger partial charge in [-0.1, -0.05) is 64.0 Å². The highest BCUT2D eigenvalue weighted by atomic mass is 14.4. The Balaban J connectivity index is 1.38. The van der Waals surface area contributed by atoms with Crippen LogP contribution in [-0.2, 0) is 0 Å². The molecule has 0 amide bonds. The number of rotatable bonds is 8. The van der Waals surface area contributed by atoms with E-state index in [0.29, 0.717) is 0 Å². The first-order valence-corrected chi connectivity index (χ1v) is 12.5. The largest absolute Gasteiger partial charge is 0.0853 e. The van der Waals surface area contributed by atoms with Gasteiger partial charge in [-0.2, -0.15) is 0 Å². The van der Waals surface area contributed by atoms with Crippen LogP contribution in [-0.4, -0.2) is 0 Å². The van der Waals surface area contributed by atoms with Gasteiger partial charge in [-0.05, 0) is 100 Å². The van der Waals surface area contributed by atoms with Gasteiger partial charge in [0.05, 0.1) is 0 Å². The molecule has 1 unspecified atom stereocenters. The molecule has 3 aliphatic rings. The number of hydrogen-bond donors (Lipinski definition) is 0. The molecule has 2 fully saturated rings. The average molecular weight is 359 g/mol. The Kier molecular flexibility index (Phi) is 8.60. The van der Waals surface area contributed by atoms with E-state index in [9.17, 15) is 0 Å². The molecular weight excluding hydrogens is 312 g/mol. The molecule has 0 heterocycles. The third-order valence-corrected chi connectivity index (χ3v) is 8.33. The first kappa shape index (κ1) is 20.5. The molecule has 0 aliphatic heterocycles. The third-order valence-electron chi connectivity index (χ3n) is 8.33. The summed E-state index contributed by atoms with van der Waals surface area (Å²) in [6.07, 6.45) is 27.9. The summed E-state index contributed by atoms with van der Waals surface area (Å²) in [6, 6.07) is 0. The molecule has 1 atom stereocenters. The van der Waals surface area contributed by atoms with Crippen LogP contribution >= 0.6 is 0 Å². The maximum atomic E-state index is 2.60. The minimum absolute atomic E-state index is 1.04. The fourth-order valence-electron chi connectivity index (χ4n) is 6.68. The predicted octanol–water partition coefficient (Wildman–Crippen LogP) is 8.71. The van der Waals surface area contributed by atoms with Gasteiger partial charge in [-0.25, -0.2) is 0 Å². The van der Waals surface area contributed by atoms with E-state index < -0.39 is 0 Å². The van der Waals surface area contributed by atoms with Crippen molar-refractivity contribution in [1.29, 1.82) is 0 Å².